The zero-order valence-electron chi connectivity index (χ0n) is 37.3. The van der Waals surface area contributed by atoms with Gasteiger partial charge in [0.1, 0.15) is 11.2 Å². The van der Waals surface area contributed by atoms with Crippen LogP contribution >= 0.6 is 0 Å². The smallest absolute Gasteiger partial charge is 0.143 e. The SMILES string of the molecule is [2H]c1c([2H])c([2H])c(Cc2c3c([2H])c([2H])c([2H])c([2H])c3c(-c3cccc(-c4cccc5oc6c(-c7ccccc7)cccc6c45)c3)c3c([2H])c([2H])c([2H])c([2H])c23)c([2H])c1[2H]. The summed E-state index contributed by atoms with van der Waals surface area (Å²) in [5.41, 5.74) is 5.08. The molecule has 0 N–H and O–H groups in total. The maximum Gasteiger partial charge on any atom is 0.143 e. The molecule has 0 atom stereocenters. The second-order valence-electron chi connectivity index (χ2n) is 11.0. The predicted octanol–water partition coefficient (Wildman–Crippen LogP) is 12.5. The number of para-hydroxylation sites is 1. The van der Waals surface area contributed by atoms with Crippen LogP contribution < -0.4 is 0 Å². The van der Waals surface area contributed by atoms with Gasteiger partial charge in [-0.1, -0.05) is 157 Å². The van der Waals surface area contributed by atoms with Gasteiger partial charge in [-0.05, 0) is 79.0 Å². The van der Waals surface area contributed by atoms with Crippen LogP contribution in [0.4, 0.5) is 0 Å². The van der Waals surface area contributed by atoms with E-state index in [2.05, 4.69) is 0 Å². The lowest BCUT2D eigenvalue weighted by Gasteiger charge is -2.18. The van der Waals surface area contributed by atoms with Gasteiger partial charge in [0.05, 0.1) is 17.8 Å². The van der Waals surface area contributed by atoms with Crippen molar-refractivity contribution in [2.24, 2.45) is 0 Å². The molecule has 0 saturated carbocycles. The van der Waals surface area contributed by atoms with Crippen molar-refractivity contribution in [3.05, 3.63) is 181 Å². The fourth-order valence-electron chi connectivity index (χ4n) is 6.48. The largest absolute Gasteiger partial charge is 0.455 e. The monoisotopic (exact) mass is 599 g/mol. The number of rotatable bonds is 5. The summed E-state index contributed by atoms with van der Waals surface area (Å²) in [7, 11) is 0. The average molecular weight is 600 g/mol. The van der Waals surface area contributed by atoms with E-state index in [0.29, 0.717) is 22.3 Å². The van der Waals surface area contributed by atoms with Gasteiger partial charge in [0.25, 0.3) is 0 Å². The Morgan fingerprint density at radius 1 is 0.478 bits per heavy atom. The van der Waals surface area contributed by atoms with Gasteiger partial charge in [0, 0.05) is 16.3 Å². The molecule has 1 heteroatoms. The normalized spacial score (nSPS) is 15.5. The van der Waals surface area contributed by atoms with E-state index in [9.17, 15) is 5.48 Å². The van der Waals surface area contributed by atoms with Gasteiger partial charge in [-0.25, -0.2) is 0 Å². The highest BCUT2D eigenvalue weighted by Crippen LogP contribution is 2.44. The molecule has 46 heavy (non-hydrogen) atoms. The Hall–Kier alpha value is -5.92. The van der Waals surface area contributed by atoms with Gasteiger partial charge in [0.2, 0.25) is 0 Å². The minimum atomic E-state index is -0.617. The summed E-state index contributed by atoms with van der Waals surface area (Å²) in [6.45, 7) is 0. The first-order valence-electron chi connectivity index (χ1n) is 21.3. The van der Waals surface area contributed by atoms with Crippen LogP contribution in [-0.4, -0.2) is 0 Å². The summed E-state index contributed by atoms with van der Waals surface area (Å²) in [6, 6.07) is 21.6. The number of hydrogen-bond donors (Lipinski definition) is 0. The topological polar surface area (TPSA) is 13.1 Å². The van der Waals surface area contributed by atoms with Crippen molar-refractivity contribution in [1.29, 1.82) is 0 Å². The summed E-state index contributed by atoms with van der Waals surface area (Å²) in [4.78, 5) is 0. The summed E-state index contributed by atoms with van der Waals surface area (Å²) in [5.74, 6) is 0. The summed E-state index contributed by atoms with van der Waals surface area (Å²) in [5, 5.41) is 1.47. The molecular weight excluding hydrogens is 556 g/mol. The van der Waals surface area contributed by atoms with Crippen molar-refractivity contribution < 1.29 is 22.2 Å². The first-order chi connectivity index (χ1) is 28.2. The standard InChI is InChI=1S/C45H30O/c1-3-14-30(15-4-1)28-41-36-20-7-9-22-38(36)43(39-23-10-8-21-37(39)41)33-19-11-18-32(29-33)34-24-13-27-42-44(34)40-26-12-25-35(45(40)46-42)31-16-5-2-6-17-31/h1-27,29H,28H2/i1D,3D,4D,7D,8D,9D,10D,14D,15D,20D,21D,22D,23D. The molecule has 0 aliphatic heterocycles. The molecule has 1 aromatic heterocycles. The number of furan rings is 1. The molecule has 0 aliphatic carbocycles. The summed E-state index contributed by atoms with van der Waals surface area (Å²) < 4.78 is 121. The van der Waals surface area contributed by atoms with Gasteiger partial charge < -0.3 is 4.42 Å². The van der Waals surface area contributed by atoms with Crippen LogP contribution in [0.5, 0.6) is 0 Å². The fraction of sp³-hybridized carbons (Fsp3) is 0.0222. The van der Waals surface area contributed by atoms with E-state index in [4.69, 9.17) is 16.8 Å². The number of hydrogen-bond acceptors (Lipinski definition) is 1. The van der Waals surface area contributed by atoms with Crippen LogP contribution in [0.25, 0.3) is 76.9 Å². The van der Waals surface area contributed by atoms with E-state index < -0.39 is 85.0 Å². The molecule has 1 nitrogen and oxygen atoms in total. The average Bonchev–Trinajstić information content (AvgIpc) is 3.65. The zero-order chi connectivity index (χ0) is 41.8. The van der Waals surface area contributed by atoms with E-state index in [-0.39, 0.29) is 38.2 Å². The minimum absolute atomic E-state index is 0.0173. The lowest BCUT2D eigenvalue weighted by atomic mass is 9.85. The van der Waals surface area contributed by atoms with Crippen molar-refractivity contribution in [3.63, 3.8) is 0 Å². The Balaban J connectivity index is 1.39. The molecule has 9 aromatic rings. The van der Waals surface area contributed by atoms with E-state index in [1.54, 1.807) is 12.1 Å². The van der Waals surface area contributed by atoms with Gasteiger partial charge in [-0.2, -0.15) is 0 Å². The highest BCUT2D eigenvalue weighted by atomic mass is 16.3. The second-order valence-corrected chi connectivity index (χ2v) is 11.0. The van der Waals surface area contributed by atoms with Gasteiger partial charge in [-0.3, -0.25) is 0 Å². The van der Waals surface area contributed by atoms with E-state index in [0.717, 1.165) is 27.5 Å². The second kappa shape index (κ2) is 10.9. The summed E-state index contributed by atoms with van der Waals surface area (Å²) in [6.07, 6.45) is -0.492. The Labute approximate surface area is 286 Å². The molecular formula is C45H30O. The first kappa shape index (κ1) is 16.4. The lowest BCUT2D eigenvalue weighted by molar-refractivity contribution is 0.670. The van der Waals surface area contributed by atoms with E-state index in [1.165, 1.54) is 0 Å². The Kier molecular flexibility index (Phi) is 3.89. The third-order valence-corrected chi connectivity index (χ3v) is 8.45. The van der Waals surface area contributed by atoms with Crippen molar-refractivity contribution in [1.82, 2.24) is 0 Å². The van der Waals surface area contributed by atoms with Gasteiger partial charge in [-0.15, -0.1) is 0 Å². The minimum Gasteiger partial charge on any atom is -0.455 e. The molecule has 0 spiro atoms. The lowest BCUT2D eigenvalue weighted by Crippen LogP contribution is -1.95. The molecule has 9 rings (SSSR count). The van der Waals surface area contributed by atoms with Crippen molar-refractivity contribution in [3.8, 4) is 33.4 Å². The Morgan fingerprint density at radius 3 is 1.85 bits per heavy atom. The quantitative estimate of drug-likeness (QED) is 0.179. The van der Waals surface area contributed by atoms with Crippen LogP contribution in [-0.2, 0) is 6.42 Å². The molecule has 0 radical (unpaired) electrons. The van der Waals surface area contributed by atoms with Crippen LogP contribution in [0.15, 0.2) is 174 Å². The maximum absolute atomic E-state index is 9.30. The van der Waals surface area contributed by atoms with Gasteiger partial charge >= 0.3 is 0 Å². The highest BCUT2D eigenvalue weighted by Gasteiger charge is 2.18. The Bertz CT molecular complexity index is 3170. The van der Waals surface area contributed by atoms with Crippen molar-refractivity contribution in [2.45, 2.75) is 6.42 Å². The van der Waals surface area contributed by atoms with Crippen molar-refractivity contribution in [2.75, 3.05) is 0 Å². The molecule has 0 unspecified atom stereocenters. The van der Waals surface area contributed by atoms with Crippen LogP contribution in [0.3, 0.4) is 0 Å². The molecule has 0 bridgehead atoms. The van der Waals surface area contributed by atoms with Crippen LogP contribution in [0.2, 0.25) is 0 Å². The maximum atomic E-state index is 9.30. The van der Waals surface area contributed by atoms with Gasteiger partial charge in [0.15, 0.2) is 0 Å². The molecule has 216 valence electrons. The van der Waals surface area contributed by atoms with Crippen molar-refractivity contribution >= 4 is 43.5 Å². The first-order valence-corrected chi connectivity index (χ1v) is 14.8. The number of fused-ring (bicyclic) bond motifs is 5. The van der Waals surface area contributed by atoms with E-state index in [1.807, 2.05) is 78.9 Å². The molecule has 0 amide bonds. The fourth-order valence-corrected chi connectivity index (χ4v) is 6.48. The highest BCUT2D eigenvalue weighted by molar-refractivity contribution is 6.17. The van der Waals surface area contributed by atoms with Crippen LogP contribution in [0, 0.1) is 0 Å². The molecule has 1 heterocycles. The predicted molar refractivity (Wildman–Crippen MR) is 194 cm³/mol. The summed E-state index contributed by atoms with van der Waals surface area (Å²) >= 11 is 0. The van der Waals surface area contributed by atoms with Crippen LogP contribution in [0.1, 0.15) is 28.9 Å². The molecule has 8 aromatic carbocycles. The molecule has 0 saturated heterocycles. The molecule has 0 fully saturated rings. The zero-order valence-corrected chi connectivity index (χ0v) is 24.3. The number of benzene rings is 8. The third kappa shape index (κ3) is 4.32. The Morgan fingerprint density at radius 2 is 1.09 bits per heavy atom. The third-order valence-electron chi connectivity index (χ3n) is 8.45. The van der Waals surface area contributed by atoms with E-state index >= 15 is 0 Å². The molecule has 0 aliphatic rings.